The molecule has 0 radical (unpaired) electrons. The van der Waals surface area contributed by atoms with Crippen molar-refractivity contribution >= 4 is 54.3 Å². The summed E-state index contributed by atoms with van der Waals surface area (Å²) in [5.74, 6) is 0. The Bertz CT molecular complexity index is 3070. The average molecular weight is 558 g/mol. The lowest BCUT2D eigenvalue weighted by molar-refractivity contribution is 0.669. The fraction of sp³-hybridized carbons (Fsp3) is 0. The third kappa shape index (κ3) is 3.72. The largest absolute Gasteiger partial charge is 0.456 e. The highest BCUT2D eigenvalue weighted by atomic mass is 16.3. The first-order chi connectivity index (χ1) is 25.9. The molecule has 43 heavy (non-hydrogen) atoms. The number of para-hydroxylation sites is 1. The first-order valence-electron chi connectivity index (χ1n) is 19.4. The van der Waals surface area contributed by atoms with Gasteiger partial charge in [-0.3, -0.25) is 0 Å². The summed E-state index contributed by atoms with van der Waals surface area (Å²) in [5.41, 5.74) is 1.93. The van der Waals surface area contributed by atoms with E-state index >= 15 is 0 Å². The predicted octanol–water partition coefficient (Wildman–Crippen LogP) is 12.0. The molecule has 0 saturated carbocycles. The van der Waals surface area contributed by atoms with E-state index in [0.29, 0.717) is 49.4 Å². The second-order valence-corrected chi connectivity index (χ2v) is 10.4. The highest BCUT2D eigenvalue weighted by molar-refractivity contribution is 6.23. The van der Waals surface area contributed by atoms with Crippen LogP contribution in [-0.4, -0.2) is 0 Å². The molecule has 0 aliphatic carbocycles. The summed E-state index contributed by atoms with van der Waals surface area (Å²) in [6.07, 6.45) is 0. The van der Waals surface area contributed by atoms with Crippen molar-refractivity contribution in [2.24, 2.45) is 0 Å². The van der Waals surface area contributed by atoms with Crippen LogP contribution in [0.2, 0.25) is 0 Å². The Balaban J connectivity index is 1.44. The summed E-state index contributed by atoms with van der Waals surface area (Å²) in [6.45, 7) is 0. The van der Waals surface area contributed by atoms with Gasteiger partial charge in [-0.05, 0) is 89.9 Å². The summed E-state index contributed by atoms with van der Waals surface area (Å²) in [5, 5.41) is 4.09. The van der Waals surface area contributed by atoms with Crippen LogP contribution in [0.1, 0.15) is 15.1 Å². The van der Waals surface area contributed by atoms with E-state index in [4.69, 9.17) is 14.0 Å². The molecular formula is C42H26O. The second kappa shape index (κ2) is 9.44. The van der Waals surface area contributed by atoms with Gasteiger partial charge in [-0.15, -0.1) is 0 Å². The van der Waals surface area contributed by atoms with Crippen molar-refractivity contribution in [2.45, 2.75) is 0 Å². The van der Waals surface area contributed by atoms with Gasteiger partial charge >= 0.3 is 0 Å². The van der Waals surface area contributed by atoms with Gasteiger partial charge in [0.25, 0.3) is 0 Å². The van der Waals surface area contributed by atoms with Crippen LogP contribution in [0, 0.1) is 0 Å². The SMILES string of the molecule is [2H]c1c([2H])c([2H])c(-c2c3ccccc3c(-c3c([2H])c([2H])c4c(oc5c([2H])c([2H])c([2H])c([2H])c54)c3[2H])c3ccccc23)c(-c2ccc3ccccc3c2)c1[2H]. The lowest BCUT2D eigenvalue weighted by Crippen LogP contribution is -1.92. The van der Waals surface area contributed by atoms with E-state index in [2.05, 4.69) is 0 Å². The maximum Gasteiger partial charge on any atom is 0.136 e. The third-order valence-electron chi connectivity index (χ3n) is 8.04. The summed E-state index contributed by atoms with van der Waals surface area (Å²) < 4.78 is 103. The van der Waals surface area contributed by atoms with Crippen molar-refractivity contribution in [3.8, 4) is 33.4 Å². The Kier molecular flexibility index (Phi) is 3.41. The van der Waals surface area contributed by atoms with E-state index in [-0.39, 0.29) is 69.8 Å². The first-order valence-corrected chi connectivity index (χ1v) is 13.9. The lowest BCUT2D eigenvalue weighted by Gasteiger charge is -2.19. The Labute approximate surface area is 264 Å². The van der Waals surface area contributed by atoms with Crippen molar-refractivity contribution < 1.29 is 19.5 Å². The van der Waals surface area contributed by atoms with Crippen LogP contribution in [0.15, 0.2) is 162 Å². The molecule has 0 spiro atoms. The standard InChI is InChI=1S/C42H26O/c1-2-12-28-25-29(22-21-27(28)11-1)31-13-3-4-15-34(31)42-37-18-7-5-16-35(37)41(36-17-6-8-19-38(36)42)30-23-24-33-32-14-9-10-20-39(32)43-40(33)26-30/h1-26H/i3D,4D,9D,10D,13D,14D,15D,20D,23D,24D,26D. The molecule has 1 heteroatoms. The molecule has 0 N–H and O–H groups in total. The summed E-state index contributed by atoms with van der Waals surface area (Å²) in [6, 6.07) is 24.0. The van der Waals surface area contributed by atoms with Gasteiger partial charge in [-0.1, -0.05) is 133 Å². The van der Waals surface area contributed by atoms with Crippen LogP contribution in [0.4, 0.5) is 0 Å². The minimum Gasteiger partial charge on any atom is -0.456 e. The van der Waals surface area contributed by atoms with Crippen molar-refractivity contribution in [3.63, 3.8) is 0 Å². The molecular weight excluding hydrogens is 520 g/mol. The zero-order valence-electron chi connectivity index (χ0n) is 33.6. The average Bonchev–Trinajstić information content (AvgIpc) is 3.60. The first kappa shape index (κ1) is 15.5. The zero-order chi connectivity index (χ0) is 37.9. The number of furan rings is 1. The molecule has 0 aliphatic rings. The Hall–Kier alpha value is -5.66. The van der Waals surface area contributed by atoms with Gasteiger partial charge < -0.3 is 4.42 Å². The summed E-state index contributed by atoms with van der Waals surface area (Å²) >= 11 is 0. The quantitative estimate of drug-likeness (QED) is 0.197. The molecule has 0 aliphatic heterocycles. The number of benzene rings is 8. The molecule has 9 rings (SSSR count). The van der Waals surface area contributed by atoms with E-state index in [0.717, 1.165) is 10.8 Å². The molecule has 1 aromatic heterocycles. The summed E-state index contributed by atoms with van der Waals surface area (Å²) in [4.78, 5) is 0. The fourth-order valence-electron chi connectivity index (χ4n) is 6.15. The molecule has 8 aromatic carbocycles. The van der Waals surface area contributed by atoms with Gasteiger partial charge in [0, 0.05) is 10.8 Å². The van der Waals surface area contributed by atoms with Gasteiger partial charge in [0.1, 0.15) is 11.2 Å². The van der Waals surface area contributed by atoms with Gasteiger partial charge in [0.05, 0.1) is 15.1 Å². The van der Waals surface area contributed by atoms with Crippen molar-refractivity contribution in [3.05, 3.63) is 157 Å². The molecule has 0 amide bonds. The Morgan fingerprint density at radius 1 is 0.419 bits per heavy atom. The fourth-order valence-corrected chi connectivity index (χ4v) is 6.15. The van der Waals surface area contributed by atoms with Crippen LogP contribution in [0.5, 0.6) is 0 Å². The molecule has 0 atom stereocenters. The monoisotopic (exact) mass is 557 g/mol. The number of fused-ring (bicyclic) bond motifs is 6. The van der Waals surface area contributed by atoms with E-state index in [1.54, 1.807) is 12.1 Å². The minimum atomic E-state index is -0.509. The number of rotatable bonds is 3. The predicted molar refractivity (Wildman–Crippen MR) is 183 cm³/mol. The van der Waals surface area contributed by atoms with Crippen LogP contribution in [-0.2, 0) is 0 Å². The summed E-state index contributed by atoms with van der Waals surface area (Å²) in [7, 11) is 0. The van der Waals surface area contributed by atoms with E-state index in [1.165, 1.54) is 0 Å². The van der Waals surface area contributed by atoms with Gasteiger partial charge in [0.2, 0.25) is 0 Å². The maximum absolute atomic E-state index is 9.48. The topological polar surface area (TPSA) is 13.1 Å². The smallest absolute Gasteiger partial charge is 0.136 e. The molecule has 0 unspecified atom stereocenters. The van der Waals surface area contributed by atoms with E-state index in [9.17, 15) is 5.48 Å². The second-order valence-electron chi connectivity index (χ2n) is 10.4. The van der Waals surface area contributed by atoms with Crippen LogP contribution >= 0.6 is 0 Å². The number of hydrogen-bond donors (Lipinski definition) is 0. The van der Waals surface area contributed by atoms with E-state index < -0.39 is 24.2 Å². The highest BCUT2D eigenvalue weighted by Crippen LogP contribution is 2.46. The van der Waals surface area contributed by atoms with Crippen molar-refractivity contribution in [2.75, 3.05) is 0 Å². The van der Waals surface area contributed by atoms with Gasteiger partial charge in [0.15, 0.2) is 0 Å². The van der Waals surface area contributed by atoms with Crippen LogP contribution < -0.4 is 0 Å². The van der Waals surface area contributed by atoms with Gasteiger partial charge in [-0.25, -0.2) is 0 Å². The van der Waals surface area contributed by atoms with Crippen LogP contribution in [0.3, 0.4) is 0 Å². The lowest BCUT2D eigenvalue weighted by atomic mass is 9.83. The minimum absolute atomic E-state index is 0.0405. The molecule has 1 nitrogen and oxygen atoms in total. The highest BCUT2D eigenvalue weighted by Gasteiger charge is 2.19. The Morgan fingerprint density at radius 3 is 1.79 bits per heavy atom. The third-order valence-corrected chi connectivity index (χ3v) is 8.04. The number of hydrogen-bond acceptors (Lipinski definition) is 1. The van der Waals surface area contributed by atoms with Crippen molar-refractivity contribution in [1.29, 1.82) is 0 Å². The molecule has 0 bridgehead atoms. The van der Waals surface area contributed by atoms with Gasteiger partial charge in [-0.2, -0.15) is 0 Å². The molecule has 0 fully saturated rings. The van der Waals surface area contributed by atoms with E-state index in [1.807, 2.05) is 78.9 Å². The molecule has 0 saturated heterocycles. The Morgan fingerprint density at radius 2 is 1.02 bits per heavy atom. The molecule has 200 valence electrons. The maximum atomic E-state index is 9.48. The molecule has 9 aromatic rings. The zero-order valence-corrected chi connectivity index (χ0v) is 22.6. The van der Waals surface area contributed by atoms with Crippen molar-refractivity contribution in [1.82, 2.24) is 0 Å². The van der Waals surface area contributed by atoms with Crippen LogP contribution in [0.25, 0.3) is 87.6 Å². The molecule has 1 heterocycles. The normalized spacial score (nSPS) is 15.3.